The number of pyridine rings is 1. The standard InChI is InChI=1S/C12H16N2O4/c1-17-10-3-2-4-11(13-10)18-9-5-7-14(8-6-9)12(15)16/h2-4,9H,5-8H2,1H3,(H,15,16). The zero-order valence-corrected chi connectivity index (χ0v) is 10.2. The second-order valence-corrected chi connectivity index (χ2v) is 4.11. The smallest absolute Gasteiger partial charge is 0.407 e. The lowest BCUT2D eigenvalue weighted by molar-refractivity contribution is 0.0867. The molecule has 1 N–H and O–H groups in total. The Labute approximate surface area is 105 Å². The molecule has 1 aromatic rings. The summed E-state index contributed by atoms with van der Waals surface area (Å²) >= 11 is 0. The first kappa shape index (κ1) is 12.5. The molecule has 1 fully saturated rings. The van der Waals surface area contributed by atoms with Gasteiger partial charge in [0.1, 0.15) is 6.10 Å². The van der Waals surface area contributed by atoms with Gasteiger partial charge in [0.15, 0.2) is 0 Å². The summed E-state index contributed by atoms with van der Waals surface area (Å²) in [7, 11) is 1.55. The fourth-order valence-corrected chi connectivity index (χ4v) is 1.91. The Balaban J connectivity index is 1.89. The van der Waals surface area contributed by atoms with Gasteiger partial charge in [-0.1, -0.05) is 6.07 Å². The average molecular weight is 252 g/mol. The van der Waals surface area contributed by atoms with Gasteiger partial charge in [-0.15, -0.1) is 0 Å². The highest BCUT2D eigenvalue weighted by Crippen LogP contribution is 2.19. The molecule has 0 spiro atoms. The van der Waals surface area contributed by atoms with Gasteiger partial charge in [-0.05, 0) is 0 Å². The molecule has 1 aliphatic heterocycles. The van der Waals surface area contributed by atoms with E-state index in [1.54, 1.807) is 19.2 Å². The van der Waals surface area contributed by atoms with Crippen LogP contribution >= 0.6 is 0 Å². The van der Waals surface area contributed by atoms with Gasteiger partial charge in [0, 0.05) is 38.1 Å². The summed E-state index contributed by atoms with van der Waals surface area (Å²) in [6, 6.07) is 5.33. The van der Waals surface area contributed by atoms with Crippen molar-refractivity contribution >= 4 is 6.09 Å². The molecule has 0 bridgehead atoms. The van der Waals surface area contributed by atoms with Gasteiger partial charge in [0.25, 0.3) is 0 Å². The molecular formula is C12H16N2O4. The van der Waals surface area contributed by atoms with Gasteiger partial charge < -0.3 is 19.5 Å². The minimum atomic E-state index is -0.868. The van der Waals surface area contributed by atoms with Crippen LogP contribution in [0.4, 0.5) is 4.79 Å². The van der Waals surface area contributed by atoms with E-state index >= 15 is 0 Å². The molecule has 6 heteroatoms. The summed E-state index contributed by atoms with van der Waals surface area (Å²) in [5, 5.41) is 8.84. The van der Waals surface area contributed by atoms with Crippen LogP contribution in [-0.2, 0) is 0 Å². The molecule has 0 radical (unpaired) electrons. The van der Waals surface area contributed by atoms with Crippen LogP contribution in [0.1, 0.15) is 12.8 Å². The van der Waals surface area contributed by atoms with E-state index in [2.05, 4.69) is 4.98 Å². The average Bonchev–Trinajstić information content (AvgIpc) is 2.39. The number of ether oxygens (including phenoxy) is 2. The Kier molecular flexibility index (Phi) is 3.86. The predicted molar refractivity (Wildman–Crippen MR) is 64.0 cm³/mol. The third-order valence-electron chi connectivity index (χ3n) is 2.91. The molecule has 98 valence electrons. The van der Waals surface area contributed by atoms with Gasteiger partial charge in [0.05, 0.1) is 7.11 Å². The summed E-state index contributed by atoms with van der Waals surface area (Å²) in [4.78, 5) is 16.3. The van der Waals surface area contributed by atoms with E-state index in [-0.39, 0.29) is 6.10 Å². The molecule has 2 rings (SSSR count). The summed E-state index contributed by atoms with van der Waals surface area (Å²) in [6.45, 7) is 1.01. The Morgan fingerprint density at radius 3 is 2.67 bits per heavy atom. The highest BCUT2D eigenvalue weighted by molar-refractivity contribution is 5.65. The maximum absolute atomic E-state index is 10.8. The van der Waals surface area contributed by atoms with Gasteiger partial charge >= 0.3 is 6.09 Å². The second-order valence-electron chi connectivity index (χ2n) is 4.11. The molecule has 0 atom stereocenters. The maximum Gasteiger partial charge on any atom is 0.407 e. The number of rotatable bonds is 3. The van der Waals surface area contributed by atoms with Crippen molar-refractivity contribution in [1.82, 2.24) is 9.88 Å². The van der Waals surface area contributed by atoms with Crippen molar-refractivity contribution in [3.05, 3.63) is 18.2 Å². The highest BCUT2D eigenvalue weighted by atomic mass is 16.5. The van der Waals surface area contributed by atoms with Gasteiger partial charge in [0.2, 0.25) is 11.8 Å². The van der Waals surface area contributed by atoms with Crippen molar-refractivity contribution in [2.45, 2.75) is 18.9 Å². The molecule has 0 saturated carbocycles. The van der Waals surface area contributed by atoms with Crippen molar-refractivity contribution in [2.24, 2.45) is 0 Å². The van der Waals surface area contributed by atoms with Crippen molar-refractivity contribution < 1.29 is 19.4 Å². The third-order valence-corrected chi connectivity index (χ3v) is 2.91. The summed E-state index contributed by atoms with van der Waals surface area (Å²) in [5.41, 5.74) is 0. The number of piperidine rings is 1. The molecule has 0 aliphatic carbocycles. The van der Waals surface area contributed by atoms with E-state index in [4.69, 9.17) is 14.6 Å². The Morgan fingerprint density at radius 2 is 2.06 bits per heavy atom. The van der Waals surface area contributed by atoms with Crippen LogP contribution in [0.25, 0.3) is 0 Å². The number of carboxylic acid groups (broad SMARTS) is 1. The number of methoxy groups -OCH3 is 1. The third kappa shape index (κ3) is 3.03. The number of likely N-dealkylation sites (tertiary alicyclic amines) is 1. The lowest BCUT2D eigenvalue weighted by Crippen LogP contribution is -2.41. The van der Waals surface area contributed by atoms with E-state index in [1.165, 1.54) is 4.90 Å². The van der Waals surface area contributed by atoms with E-state index < -0.39 is 6.09 Å². The molecule has 0 aromatic carbocycles. The van der Waals surface area contributed by atoms with Gasteiger partial charge in [-0.2, -0.15) is 4.98 Å². The molecule has 2 heterocycles. The SMILES string of the molecule is COc1cccc(OC2CCN(C(=O)O)CC2)n1. The van der Waals surface area contributed by atoms with Crippen LogP contribution in [0.3, 0.4) is 0 Å². The number of amides is 1. The van der Waals surface area contributed by atoms with Gasteiger partial charge in [-0.25, -0.2) is 4.79 Å². The minimum Gasteiger partial charge on any atom is -0.481 e. The zero-order chi connectivity index (χ0) is 13.0. The van der Waals surface area contributed by atoms with Gasteiger partial charge in [-0.3, -0.25) is 0 Å². The van der Waals surface area contributed by atoms with E-state index in [9.17, 15) is 4.79 Å². The fraction of sp³-hybridized carbons (Fsp3) is 0.500. The topological polar surface area (TPSA) is 71.9 Å². The van der Waals surface area contributed by atoms with Crippen molar-refractivity contribution in [3.8, 4) is 11.8 Å². The minimum absolute atomic E-state index is 0.0141. The molecule has 6 nitrogen and oxygen atoms in total. The van der Waals surface area contributed by atoms with Crippen molar-refractivity contribution in [1.29, 1.82) is 0 Å². The molecule has 1 aliphatic rings. The predicted octanol–water partition coefficient (Wildman–Crippen LogP) is 1.61. The molecule has 1 amide bonds. The molecule has 1 aromatic heterocycles. The highest BCUT2D eigenvalue weighted by Gasteiger charge is 2.23. The lowest BCUT2D eigenvalue weighted by atomic mass is 10.1. The van der Waals surface area contributed by atoms with Crippen molar-refractivity contribution in [3.63, 3.8) is 0 Å². The van der Waals surface area contributed by atoms with Crippen LogP contribution in [-0.4, -0.2) is 47.4 Å². The van der Waals surface area contributed by atoms with Crippen LogP contribution in [0, 0.1) is 0 Å². The van der Waals surface area contributed by atoms with E-state index in [0.717, 1.165) is 0 Å². The monoisotopic (exact) mass is 252 g/mol. The first-order chi connectivity index (χ1) is 8.69. The number of aromatic nitrogens is 1. The summed E-state index contributed by atoms with van der Waals surface area (Å²) in [5.74, 6) is 1.03. The van der Waals surface area contributed by atoms with Crippen LogP contribution in [0.2, 0.25) is 0 Å². The van der Waals surface area contributed by atoms with E-state index in [0.29, 0.717) is 37.7 Å². The zero-order valence-electron chi connectivity index (χ0n) is 10.2. The summed E-state index contributed by atoms with van der Waals surface area (Å²) < 4.78 is 10.7. The first-order valence-corrected chi connectivity index (χ1v) is 5.84. The normalized spacial score (nSPS) is 16.4. The number of carbonyl (C=O) groups is 1. The van der Waals surface area contributed by atoms with Crippen LogP contribution < -0.4 is 9.47 Å². The molecule has 1 saturated heterocycles. The quantitative estimate of drug-likeness (QED) is 0.884. The number of hydrogen-bond donors (Lipinski definition) is 1. The fourth-order valence-electron chi connectivity index (χ4n) is 1.91. The molecule has 18 heavy (non-hydrogen) atoms. The number of hydrogen-bond acceptors (Lipinski definition) is 4. The van der Waals surface area contributed by atoms with Crippen LogP contribution in [0.5, 0.6) is 11.8 Å². The largest absolute Gasteiger partial charge is 0.481 e. The number of nitrogens with zero attached hydrogens (tertiary/aromatic N) is 2. The molecule has 0 unspecified atom stereocenters. The van der Waals surface area contributed by atoms with Crippen LogP contribution in [0.15, 0.2) is 18.2 Å². The Hall–Kier alpha value is -1.98. The van der Waals surface area contributed by atoms with E-state index in [1.807, 2.05) is 6.07 Å². The Bertz CT molecular complexity index is 416. The second kappa shape index (κ2) is 5.57. The first-order valence-electron chi connectivity index (χ1n) is 5.84. The summed E-state index contributed by atoms with van der Waals surface area (Å²) in [6.07, 6.45) is 0.518. The lowest BCUT2D eigenvalue weighted by Gasteiger charge is -2.29. The van der Waals surface area contributed by atoms with Crippen molar-refractivity contribution in [2.75, 3.05) is 20.2 Å². The molecular weight excluding hydrogens is 236 g/mol. The Morgan fingerprint density at radius 1 is 1.39 bits per heavy atom. The maximum atomic E-state index is 10.8.